The van der Waals surface area contributed by atoms with E-state index < -0.39 is 0 Å². The van der Waals surface area contributed by atoms with E-state index in [1.165, 1.54) is 27.6 Å². The van der Waals surface area contributed by atoms with Gasteiger partial charge in [-0.25, -0.2) is 0 Å². The van der Waals surface area contributed by atoms with Crippen molar-refractivity contribution in [1.82, 2.24) is 15.6 Å². The van der Waals surface area contributed by atoms with Gasteiger partial charge in [0, 0.05) is 41.7 Å². The number of fused-ring (bicyclic) bond motifs is 2. The molecule has 138 valence electrons. The third-order valence-electron chi connectivity index (χ3n) is 5.71. The molecule has 0 atom stereocenters. The number of nitrogens with one attached hydrogen (secondary N) is 3. The van der Waals surface area contributed by atoms with E-state index >= 15 is 0 Å². The Morgan fingerprint density at radius 3 is 2.43 bits per heavy atom. The van der Waals surface area contributed by atoms with Crippen LogP contribution in [-0.2, 0) is 6.42 Å². The molecular formula is C23H21N5. The van der Waals surface area contributed by atoms with Gasteiger partial charge in [0.25, 0.3) is 0 Å². The minimum absolute atomic E-state index is 0.858. The van der Waals surface area contributed by atoms with Crippen molar-refractivity contribution in [2.24, 2.45) is 9.98 Å². The molecule has 1 aromatic heterocycles. The lowest BCUT2D eigenvalue weighted by atomic mass is 10.0. The molecule has 0 saturated carbocycles. The topological polar surface area (TPSA) is 64.6 Å². The van der Waals surface area contributed by atoms with Gasteiger partial charge in [0.2, 0.25) is 0 Å². The van der Waals surface area contributed by atoms with Crippen LogP contribution < -0.4 is 10.6 Å². The Labute approximate surface area is 163 Å². The summed E-state index contributed by atoms with van der Waals surface area (Å²) in [7, 11) is 0. The molecule has 3 aliphatic rings. The molecule has 0 fully saturated rings. The fourth-order valence-electron chi connectivity index (χ4n) is 4.30. The first-order valence-electron chi connectivity index (χ1n) is 9.87. The number of aromatic amines is 1. The molecule has 2 aromatic carbocycles. The number of H-pyrrole nitrogens is 1. The van der Waals surface area contributed by atoms with Crippen molar-refractivity contribution in [1.29, 1.82) is 0 Å². The van der Waals surface area contributed by atoms with E-state index in [2.05, 4.69) is 74.1 Å². The normalized spacial score (nSPS) is 17.8. The molecule has 2 aliphatic heterocycles. The van der Waals surface area contributed by atoms with E-state index in [4.69, 9.17) is 0 Å². The standard InChI is InChI=1S/C23H21N5/c1-2-15(10-18-11-19(9-14(1)18)23-26-7-8-27-23)20-12-16-3-4-17(13-21(16)28-20)22-24-5-6-25-22/h1-4,9-10,12-13,28H,5-8,11H2,(H,24,25)(H,26,27). The molecule has 3 aromatic rings. The summed E-state index contributed by atoms with van der Waals surface area (Å²) in [6.07, 6.45) is 3.22. The maximum atomic E-state index is 4.57. The van der Waals surface area contributed by atoms with Gasteiger partial charge in [0.1, 0.15) is 11.7 Å². The highest BCUT2D eigenvalue weighted by Crippen LogP contribution is 2.32. The first-order chi connectivity index (χ1) is 13.8. The molecule has 3 N–H and O–H groups in total. The Kier molecular flexibility index (Phi) is 3.41. The zero-order chi connectivity index (χ0) is 18.5. The monoisotopic (exact) mass is 367 g/mol. The van der Waals surface area contributed by atoms with E-state index in [-0.39, 0.29) is 0 Å². The maximum absolute atomic E-state index is 4.57. The van der Waals surface area contributed by atoms with Crippen molar-refractivity contribution in [3.63, 3.8) is 0 Å². The third-order valence-corrected chi connectivity index (χ3v) is 5.71. The second kappa shape index (κ2) is 6.09. The molecule has 0 saturated heterocycles. The second-order valence-electron chi connectivity index (χ2n) is 7.56. The van der Waals surface area contributed by atoms with Crippen LogP contribution in [0.5, 0.6) is 0 Å². The number of aliphatic imine (C=N–C) groups is 2. The van der Waals surface area contributed by atoms with E-state index in [1.54, 1.807) is 0 Å². The molecular weight excluding hydrogens is 346 g/mol. The molecule has 1 aliphatic carbocycles. The van der Waals surface area contributed by atoms with Gasteiger partial charge in [-0.1, -0.05) is 24.3 Å². The zero-order valence-corrected chi connectivity index (χ0v) is 15.5. The fraction of sp³-hybridized carbons (Fsp3) is 0.217. The van der Waals surface area contributed by atoms with Gasteiger partial charge in [-0.15, -0.1) is 0 Å². The van der Waals surface area contributed by atoms with Crippen molar-refractivity contribution in [2.45, 2.75) is 6.42 Å². The highest BCUT2D eigenvalue weighted by atomic mass is 15.1. The minimum Gasteiger partial charge on any atom is -0.368 e. The number of amidine groups is 2. The van der Waals surface area contributed by atoms with Crippen molar-refractivity contribution in [3.8, 4) is 11.3 Å². The van der Waals surface area contributed by atoms with Gasteiger partial charge >= 0.3 is 0 Å². The number of hydrogen-bond donors (Lipinski definition) is 3. The van der Waals surface area contributed by atoms with Crippen molar-refractivity contribution in [2.75, 3.05) is 26.2 Å². The Balaban J connectivity index is 1.32. The van der Waals surface area contributed by atoms with Crippen LogP contribution in [0.2, 0.25) is 0 Å². The quantitative estimate of drug-likeness (QED) is 0.666. The van der Waals surface area contributed by atoms with E-state index in [1.807, 2.05) is 0 Å². The Hall–Kier alpha value is -3.34. The molecule has 5 nitrogen and oxygen atoms in total. The summed E-state index contributed by atoms with van der Waals surface area (Å²) in [5.41, 5.74) is 8.64. The number of hydrogen-bond acceptors (Lipinski definition) is 4. The summed E-state index contributed by atoms with van der Waals surface area (Å²) >= 11 is 0. The van der Waals surface area contributed by atoms with Gasteiger partial charge in [-0.3, -0.25) is 9.98 Å². The van der Waals surface area contributed by atoms with Crippen LogP contribution in [0.3, 0.4) is 0 Å². The van der Waals surface area contributed by atoms with Crippen molar-refractivity contribution < 1.29 is 0 Å². The van der Waals surface area contributed by atoms with Crippen LogP contribution in [0.25, 0.3) is 28.2 Å². The van der Waals surface area contributed by atoms with Crippen LogP contribution >= 0.6 is 0 Å². The summed E-state index contributed by atoms with van der Waals surface area (Å²) in [6, 6.07) is 15.5. The molecule has 5 heteroatoms. The predicted molar refractivity (Wildman–Crippen MR) is 115 cm³/mol. The summed E-state index contributed by atoms with van der Waals surface area (Å²) < 4.78 is 0. The highest BCUT2D eigenvalue weighted by molar-refractivity contribution is 6.05. The summed E-state index contributed by atoms with van der Waals surface area (Å²) in [6.45, 7) is 3.62. The Morgan fingerprint density at radius 1 is 0.786 bits per heavy atom. The third kappa shape index (κ3) is 2.54. The summed E-state index contributed by atoms with van der Waals surface area (Å²) in [4.78, 5) is 12.7. The Bertz CT molecular complexity index is 1190. The maximum Gasteiger partial charge on any atom is 0.128 e. The number of aromatic nitrogens is 1. The molecule has 6 rings (SSSR count). The lowest BCUT2D eigenvalue weighted by Gasteiger charge is -2.04. The molecule has 0 amide bonds. The van der Waals surface area contributed by atoms with E-state index in [0.717, 1.165) is 61.0 Å². The molecule has 0 spiro atoms. The molecule has 0 radical (unpaired) electrons. The Morgan fingerprint density at radius 2 is 1.61 bits per heavy atom. The van der Waals surface area contributed by atoms with Gasteiger partial charge in [-0.2, -0.15) is 0 Å². The summed E-state index contributed by atoms with van der Waals surface area (Å²) in [5, 5.41) is 7.96. The predicted octanol–water partition coefficient (Wildman–Crippen LogP) is 3.13. The van der Waals surface area contributed by atoms with Gasteiger partial charge in [0.15, 0.2) is 0 Å². The first kappa shape index (κ1) is 15.7. The van der Waals surface area contributed by atoms with Gasteiger partial charge < -0.3 is 15.6 Å². The molecule has 0 unspecified atom stereocenters. The van der Waals surface area contributed by atoms with E-state index in [9.17, 15) is 0 Å². The van der Waals surface area contributed by atoms with Crippen LogP contribution in [0.15, 0.2) is 58.0 Å². The SMILES string of the molecule is C1=C(C2=NCCN2)Cc2cc(-c3cc4ccc(C5=NCCN5)cc4[nH]3)ccc21. The van der Waals surface area contributed by atoms with Crippen LogP contribution in [0, 0.1) is 0 Å². The smallest absolute Gasteiger partial charge is 0.128 e. The number of nitrogens with zero attached hydrogens (tertiary/aromatic N) is 2. The lowest BCUT2D eigenvalue weighted by Crippen LogP contribution is -2.20. The number of benzene rings is 2. The van der Waals surface area contributed by atoms with Crippen molar-refractivity contribution in [3.05, 3.63) is 64.7 Å². The molecule has 0 bridgehead atoms. The van der Waals surface area contributed by atoms with E-state index in [0.29, 0.717) is 0 Å². The van der Waals surface area contributed by atoms with Crippen molar-refractivity contribution >= 4 is 28.7 Å². The van der Waals surface area contributed by atoms with Crippen LogP contribution in [0.4, 0.5) is 0 Å². The summed E-state index contributed by atoms with van der Waals surface area (Å²) in [5.74, 6) is 2.07. The van der Waals surface area contributed by atoms with Gasteiger partial charge in [0.05, 0.1) is 13.1 Å². The second-order valence-corrected chi connectivity index (χ2v) is 7.56. The van der Waals surface area contributed by atoms with Gasteiger partial charge in [-0.05, 0) is 46.5 Å². The largest absolute Gasteiger partial charge is 0.368 e. The lowest BCUT2D eigenvalue weighted by molar-refractivity contribution is 0.958. The van der Waals surface area contributed by atoms with Crippen LogP contribution in [-0.4, -0.2) is 42.8 Å². The highest BCUT2D eigenvalue weighted by Gasteiger charge is 2.19. The zero-order valence-electron chi connectivity index (χ0n) is 15.5. The first-order valence-corrected chi connectivity index (χ1v) is 9.87. The number of rotatable bonds is 3. The average Bonchev–Trinajstić information content (AvgIpc) is 3.52. The average molecular weight is 367 g/mol. The molecule has 3 heterocycles. The fourth-order valence-corrected chi connectivity index (χ4v) is 4.30. The minimum atomic E-state index is 0.858. The van der Waals surface area contributed by atoms with Crippen LogP contribution in [0.1, 0.15) is 16.7 Å². The molecule has 28 heavy (non-hydrogen) atoms.